The Morgan fingerprint density at radius 1 is 1.19 bits per heavy atom. The largest absolute Gasteiger partial charge is 0.337 e. The first kappa shape index (κ1) is 17.4. The Morgan fingerprint density at radius 2 is 2.00 bits per heavy atom. The van der Waals surface area contributed by atoms with E-state index in [0.717, 1.165) is 12.8 Å². The minimum Gasteiger partial charge on any atom is -0.337 e. The fraction of sp³-hybridized carbons (Fsp3) is 0.421. The average molecular weight is 366 g/mol. The topological polar surface area (TPSA) is 89.9 Å². The van der Waals surface area contributed by atoms with Crippen LogP contribution in [0.25, 0.3) is 11.6 Å². The Labute approximate surface area is 157 Å². The minimum atomic E-state index is 0.0296. The van der Waals surface area contributed by atoms with Gasteiger partial charge >= 0.3 is 0 Å². The summed E-state index contributed by atoms with van der Waals surface area (Å²) in [7, 11) is 0. The second kappa shape index (κ2) is 7.30. The van der Waals surface area contributed by atoms with Crippen molar-refractivity contribution >= 4 is 5.91 Å². The van der Waals surface area contributed by atoms with Gasteiger partial charge in [0.25, 0.3) is 11.8 Å². The van der Waals surface area contributed by atoms with E-state index in [4.69, 9.17) is 4.52 Å². The molecule has 4 rings (SSSR count). The molecule has 1 saturated heterocycles. The highest BCUT2D eigenvalue weighted by atomic mass is 16.5. The van der Waals surface area contributed by atoms with Gasteiger partial charge < -0.3 is 9.42 Å². The van der Waals surface area contributed by atoms with Crippen LogP contribution in [0.4, 0.5) is 0 Å². The predicted octanol–water partition coefficient (Wildman–Crippen LogP) is 2.93. The van der Waals surface area contributed by atoms with Crippen molar-refractivity contribution in [2.24, 2.45) is 0 Å². The number of nitrogens with zero attached hydrogens (tertiary/aromatic N) is 6. The molecule has 0 bridgehead atoms. The van der Waals surface area contributed by atoms with E-state index in [1.807, 2.05) is 36.9 Å². The van der Waals surface area contributed by atoms with Gasteiger partial charge in [-0.1, -0.05) is 11.2 Å². The summed E-state index contributed by atoms with van der Waals surface area (Å²) in [5.41, 5.74) is 1.31. The quantitative estimate of drug-likeness (QED) is 0.705. The lowest BCUT2D eigenvalue weighted by atomic mass is 9.96. The number of carbonyl (C=O) groups is 1. The number of hydrogen-bond acceptors (Lipinski definition) is 6. The number of pyridine rings is 1. The van der Waals surface area contributed by atoms with Crippen LogP contribution in [0, 0.1) is 0 Å². The molecular formula is C19H22N6O2. The van der Waals surface area contributed by atoms with Crippen molar-refractivity contribution < 1.29 is 9.32 Å². The summed E-state index contributed by atoms with van der Waals surface area (Å²) in [5, 5.41) is 8.39. The molecule has 0 unspecified atom stereocenters. The second-order valence-corrected chi connectivity index (χ2v) is 6.99. The lowest BCUT2D eigenvalue weighted by Gasteiger charge is -2.30. The second-order valence-electron chi connectivity index (χ2n) is 6.99. The maximum atomic E-state index is 12.8. The fourth-order valence-corrected chi connectivity index (χ4v) is 3.39. The predicted molar refractivity (Wildman–Crippen MR) is 98.0 cm³/mol. The zero-order valence-electron chi connectivity index (χ0n) is 15.4. The molecule has 1 aliphatic rings. The molecule has 27 heavy (non-hydrogen) atoms. The van der Waals surface area contributed by atoms with Crippen molar-refractivity contribution in [3.63, 3.8) is 0 Å². The highest BCUT2D eigenvalue weighted by Gasteiger charge is 2.29. The lowest BCUT2D eigenvalue weighted by molar-refractivity contribution is 0.0696. The molecule has 0 radical (unpaired) electrons. The molecule has 4 heterocycles. The summed E-state index contributed by atoms with van der Waals surface area (Å²) in [4.78, 5) is 23.4. The van der Waals surface area contributed by atoms with Crippen LogP contribution < -0.4 is 0 Å². The Bertz CT molecular complexity index is 909. The molecule has 0 spiro atoms. The third-order valence-electron chi connectivity index (χ3n) is 4.85. The van der Waals surface area contributed by atoms with E-state index in [1.54, 1.807) is 23.1 Å². The van der Waals surface area contributed by atoms with E-state index in [9.17, 15) is 4.79 Å². The van der Waals surface area contributed by atoms with E-state index in [0.29, 0.717) is 36.2 Å². The van der Waals surface area contributed by atoms with Crippen molar-refractivity contribution in [2.45, 2.75) is 38.6 Å². The number of rotatable bonds is 4. The lowest BCUT2D eigenvalue weighted by Crippen LogP contribution is -2.39. The molecule has 0 aliphatic carbocycles. The number of aromatic nitrogens is 5. The summed E-state index contributed by atoms with van der Waals surface area (Å²) in [6.45, 7) is 5.37. The van der Waals surface area contributed by atoms with E-state index in [1.165, 1.54) is 0 Å². The van der Waals surface area contributed by atoms with Crippen LogP contribution in [0.3, 0.4) is 0 Å². The van der Waals surface area contributed by atoms with Gasteiger partial charge in [0, 0.05) is 37.4 Å². The van der Waals surface area contributed by atoms with E-state index >= 15 is 0 Å². The molecule has 140 valence electrons. The summed E-state index contributed by atoms with van der Waals surface area (Å²) >= 11 is 0. The van der Waals surface area contributed by atoms with Gasteiger partial charge in [-0.05, 0) is 44.9 Å². The molecule has 0 N–H and O–H groups in total. The number of likely N-dealkylation sites (tertiary alicyclic amines) is 1. The van der Waals surface area contributed by atoms with Gasteiger partial charge in [-0.15, -0.1) is 0 Å². The normalized spacial score (nSPS) is 15.4. The fourth-order valence-electron chi connectivity index (χ4n) is 3.39. The Hall–Kier alpha value is -3.03. The zero-order valence-corrected chi connectivity index (χ0v) is 15.4. The monoisotopic (exact) mass is 366 g/mol. The average Bonchev–Trinajstić information content (AvgIpc) is 3.38. The van der Waals surface area contributed by atoms with Crippen LogP contribution in [-0.2, 0) is 0 Å². The third-order valence-corrected chi connectivity index (χ3v) is 4.85. The van der Waals surface area contributed by atoms with Crippen LogP contribution in [0.1, 0.15) is 55.0 Å². The van der Waals surface area contributed by atoms with E-state index in [-0.39, 0.29) is 17.9 Å². The molecule has 0 aromatic carbocycles. The Kier molecular flexibility index (Phi) is 4.70. The Balaban J connectivity index is 1.41. The SMILES string of the molecule is CC(C)n1nccc1C(=O)N1CCC(c2noc(-c3ccccn3)n2)CC1. The van der Waals surface area contributed by atoms with Gasteiger partial charge in [0.05, 0.1) is 0 Å². The maximum absolute atomic E-state index is 12.8. The third kappa shape index (κ3) is 3.47. The number of amides is 1. The first-order valence-corrected chi connectivity index (χ1v) is 9.21. The van der Waals surface area contributed by atoms with Crippen LogP contribution in [0.5, 0.6) is 0 Å². The number of piperidine rings is 1. The Morgan fingerprint density at radius 3 is 2.70 bits per heavy atom. The molecule has 0 atom stereocenters. The van der Waals surface area contributed by atoms with Gasteiger partial charge in [0.1, 0.15) is 11.4 Å². The molecule has 8 heteroatoms. The van der Waals surface area contributed by atoms with E-state index < -0.39 is 0 Å². The van der Waals surface area contributed by atoms with Crippen LogP contribution in [0.15, 0.2) is 41.2 Å². The van der Waals surface area contributed by atoms with Crippen LogP contribution in [0.2, 0.25) is 0 Å². The standard InChI is InChI=1S/C19H22N6O2/c1-13(2)25-16(6-10-21-25)19(26)24-11-7-14(8-12-24)17-22-18(27-23-17)15-5-3-4-9-20-15/h3-6,9-10,13-14H,7-8,11-12H2,1-2H3. The molecule has 1 amide bonds. The minimum absolute atomic E-state index is 0.0296. The van der Waals surface area contributed by atoms with Gasteiger partial charge in [0.2, 0.25) is 0 Å². The molecule has 0 saturated carbocycles. The van der Waals surface area contributed by atoms with Crippen molar-refractivity contribution in [3.05, 3.63) is 48.2 Å². The first-order chi connectivity index (χ1) is 13.1. The molecule has 1 aliphatic heterocycles. The molecule has 8 nitrogen and oxygen atoms in total. The highest BCUT2D eigenvalue weighted by molar-refractivity contribution is 5.92. The summed E-state index contributed by atoms with van der Waals surface area (Å²) in [5.74, 6) is 1.34. The zero-order chi connectivity index (χ0) is 18.8. The smallest absolute Gasteiger partial charge is 0.276 e. The molecule has 1 fully saturated rings. The number of hydrogen-bond donors (Lipinski definition) is 0. The van der Waals surface area contributed by atoms with Crippen molar-refractivity contribution in [2.75, 3.05) is 13.1 Å². The molecular weight excluding hydrogens is 344 g/mol. The van der Waals surface area contributed by atoms with Crippen molar-refractivity contribution in [1.82, 2.24) is 29.8 Å². The molecule has 3 aromatic rings. The molecule has 3 aromatic heterocycles. The van der Waals surface area contributed by atoms with Crippen LogP contribution in [-0.4, -0.2) is 48.8 Å². The van der Waals surface area contributed by atoms with Crippen LogP contribution >= 0.6 is 0 Å². The van der Waals surface area contributed by atoms with Gasteiger partial charge in [-0.3, -0.25) is 14.5 Å². The maximum Gasteiger partial charge on any atom is 0.276 e. The first-order valence-electron chi connectivity index (χ1n) is 9.21. The number of carbonyl (C=O) groups excluding carboxylic acids is 1. The van der Waals surface area contributed by atoms with Gasteiger partial charge in [-0.25, -0.2) is 0 Å². The van der Waals surface area contributed by atoms with Crippen molar-refractivity contribution in [3.8, 4) is 11.6 Å². The van der Waals surface area contributed by atoms with Gasteiger partial charge in [0.15, 0.2) is 5.82 Å². The summed E-state index contributed by atoms with van der Waals surface area (Å²) < 4.78 is 7.13. The van der Waals surface area contributed by atoms with Gasteiger partial charge in [-0.2, -0.15) is 10.1 Å². The van der Waals surface area contributed by atoms with Crippen molar-refractivity contribution in [1.29, 1.82) is 0 Å². The highest BCUT2D eigenvalue weighted by Crippen LogP contribution is 2.28. The van der Waals surface area contributed by atoms with E-state index in [2.05, 4.69) is 20.2 Å². The summed E-state index contributed by atoms with van der Waals surface area (Å²) in [6, 6.07) is 7.51. The summed E-state index contributed by atoms with van der Waals surface area (Å²) in [6.07, 6.45) is 5.00.